The van der Waals surface area contributed by atoms with Crippen LogP contribution in [0.25, 0.3) is 10.9 Å². The van der Waals surface area contributed by atoms with Crippen LogP contribution in [0.15, 0.2) is 30.5 Å². The highest BCUT2D eigenvalue weighted by atomic mass is 15.2. The van der Waals surface area contributed by atoms with Gasteiger partial charge in [-0.2, -0.15) is 0 Å². The molecule has 0 radical (unpaired) electrons. The maximum atomic E-state index is 4.65. The number of hydrogen-bond donors (Lipinski definition) is 1. The number of aromatic nitrogens is 2. The monoisotopic (exact) mass is 310 g/mol. The molecule has 0 unspecified atom stereocenters. The molecule has 4 nitrogen and oxygen atoms in total. The average Bonchev–Trinajstić information content (AvgIpc) is 2.63. The lowest BCUT2D eigenvalue weighted by atomic mass is 9.89. The molecular weight excluding hydrogens is 284 g/mol. The van der Waals surface area contributed by atoms with Gasteiger partial charge in [-0.15, -0.1) is 0 Å². The van der Waals surface area contributed by atoms with Crippen molar-refractivity contribution in [1.82, 2.24) is 14.9 Å². The van der Waals surface area contributed by atoms with E-state index in [1.165, 1.54) is 58.0 Å². The molecule has 0 bridgehead atoms. The van der Waals surface area contributed by atoms with Crippen molar-refractivity contribution in [2.24, 2.45) is 0 Å². The van der Waals surface area contributed by atoms with Gasteiger partial charge in [0.25, 0.3) is 0 Å². The van der Waals surface area contributed by atoms with E-state index >= 15 is 0 Å². The van der Waals surface area contributed by atoms with Crippen LogP contribution >= 0.6 is 0 Å². The van der Waals surface area contributed by atoms with Gasteiger partial charge in [-0.05, 0) is 57.7 Å². The number of nitrogens with zero attached hydrogens (tertiary/aromatic N) is 3. The summed E-state index contributed by atoms with van der Waals surface area (Å²) in [5.41, 5.74) is 1.02. The number of likely N-dealkylation sites (tertiary alicyclic amines) is 1. The number of hydrogen-bond acceptors (Lipinski definition) is 4. The zero-order valence-corrected chi connectivity index (χ0v) is 13.7. The van der Waals surface area contributed by atoms with Crippen molar-refractivity contribution < 1.29 is 0 Å². The highest BCUT2D eigenvalue weighted by molar-refractivity contribution is 5.78. The molecule has 2 fully saturated rings. The van der Waals surface area contributed by atoms with E-state index in [-0.39, 0.29) is 0 Å². The molecule has 1 N–H and O–H groups in total. The first kappa shape index (κ1) is 14.9. The standard InChI is InChI=1S/C19H26N4/c1-4-12-23(13-5-1)17-10-8-16(9-11-17)21-19-20-14-15-6-2-3-7-18(15)22-19/h2-3,6-7,14,16-17H,1,4-5,8-13H2,(H,20,21,22). The van der Waals surface area contributed by atoms with Crippen molar-refractivity contribution in [1.29, 1.82) is 0 Å². The normalized spacial score (nSPS) is 26.3. The minimum Gasteiger partial charge on any atom is -0.351 e. The third-order valence-corrected chi connectivity index (χ3v) is 5.43. The fourth-order valence-electron chi connectivity index (χ4n) is 4.09. The van der Waals surface area contributed by atoms with Gasteiger partial charge >= 0.3 is 0 Å². The number of piperidine rings is 1. The molecule has 4 rings (SSSR count). The third kappa shape index (κ3) is 3.47. The third-order valence-electron chi connectivity index (χ3n) is 5.43. The van der Waals surface area contributed by atoms with Crippen LogP contribution in [0.1, 0.15) is 44.9 Å². The number of nitrogens with one attached hydrogen (secondary N) is 1. The Morgan fingerprint density at radius 3 is 2.57 bits per heavy atom. The van der Waals surface area contributed by atoms with Gasteiger partial charge in [-0.1, -0.05) is 24.6 Å². The van der Waals surface area contributed by atoms with E-state index in [1.807, 2.05) is 18.3 Å². The molecule has 1 aliphatic heterocycles. The zero-order valence-electron chi connectivity index (χ0n) is 13.7. The van der Waals surface area contributed by atoms with Gasteiger partial charge in [0.2, 0.25) is 5.95 Å². The van der Waals surface area contributed by atoms with E-state index < -0.39 is 0 Å². The first-order valence-corrected chi connectivity index (χ1v) is 9.11. The topological polar surface area (TPSA) is 41.1 Å². The molecule has 4 heteroatoms. The van der Waals surface area contributed by atoms with E-state index in [0.29, 0.717) is 6.04 Å². The number of anilines is 1. The van der Waals surface area contributed by atoms with Crippen molar-refractivity contribution in [3.8, 4) is 0 Å². The van der Waals surface area contributed by atoms with Gasteiger partial charge in [0.1, 0.15) is 0 Å². The van der Waals surface area contributed by atoms with Crippen molar-refractivity contribution in [3.05, 3.63) is 30.5 Å². The lowest BCUT2D eigenvalue weighted by Gasteiger charge is -2.39. The van der Waals surface area contributed by atoms with Crippen LogP contribution in [0, 0.1) is 0 Å². The number of benzene rings is 1. The first-order chi connectivity index (χ1) is 11.4. The molecule has 122 valence electrons. The van der Waals surface area contributed by atoms with Crippen LogP contribution in [0.3, 0.4) is 0 Å². The van der Waals surface area contributed by atoms with E-state index in [4.69, 9.17) is 0 Å². The van der Waals surface area contributed by atoms with Gasteiger partial charge in [-0.3, -0.25) is 0 Å². The molecule has 1 aromatic heterocycles. The quantitative estimate of drug-likeness (QED) is 0.935. The Kier molecular flexibility index (Phi) is 4.42. The molecule has 2 heterocycles. The number of fused-ring (bicyclic) bond motifs is 1. The van der Waals surface area contributed by atoms with Crippen LogP contribution in [0.4, 0.5) is 5.95 Å². The van der Waals surface area contributed by atoms with E-state index in [1.54, 1.807) is 0 Å². The summed E-state index contributed by atoms with van der Waals surface area (Å²) in [6.45, 7) is 2.63. The summed E-state index contributed by atoms with van der Waals surface area (Å²) in [5.74, 6) is 0.783. The van der Waals surface area contributed by atoms with Crippen LogP contribution in [-0.2, 0) is 0 Å². The Hall–Kier alpha value is -1.68. The van der Waals surface area contributed by atoms with Crippen LogP contribution in [0.5, 0.6) is 0 Å². The van der Waals surface area contributed by atoms with Gasteiger partial charge in [-0.25, -0.2) is 9.97 Å². The summed E-state index contributed by atoms with van der Waals surface area (Å²) >= 11 is 0. The minimum absolute atomic E-state index is 0.525. The Bertz CT molecular complexity index is 643. The Morgan fingerprint density at radius 1 is 0.957 bits per heavy atom. The minimum atomic E-state index is 0.525. The molecule has 0 amide bonds. The van der Waals surface area contributed by atoms with Crippen molar-refractivity contribution in [3.63, 3.8) is 0 Å². The zero-order chi connectivity index (χ0) is 15.5. The average molecular weight is 310 g/mol. The largest absolute Gasteiger partial charge is 0.351 e. The van der Waals surface area contributed by atoms with Gasteiger partial charge in [0.15, 0.2) is 0 Å². The fraction of sp³-hybridized carbons (Fsp3) is 0.579. The van der Waals surface area contributed by atoms with Crippen molar-refractivity contribution in [2.75, 3.05) is 18.4 Å². The molecule has 1 saturated carbocycles. The Labute approximate surface area is 138 Å². The van der Waals surface area contributed by atoms with Crippen LogP contribution in [0.2, 0.25) is 0 Å². The predicted octanol–water partition coefficient (Wildman–Crippen LogP) is 3.84. The first-order valence-electron chi connectivity index (χ1n) is 9.11. The highest BCUT2D eigenvalue weighted by Crippen LogP contribution is 2.27. The second-order valence-corrected chi connectivity index (χ2v) is 7.00. The van der Waals surface area contributed by atoms with E-state index in [0.717, 1.165) is 22.9 Å². The molecule has 1 aromatic carbocycles. The molecule has 1 aliphatic carbocycles. The lowest BCUT2D eigenvalue weighted by molar-refractivity contribution is 0.127. The molecule has 2 aliphatic rings. The highest BCUT2D eigenvalue weighted by Gasteiger charge is 2.26. The number of para-hydroxylation sites is 1. The molecule has 0 atom stereocenters. The summed E-state index contributed by atoms with van der Waals surface area (Å²) in [5, 5.41) is 4.66. The van der Waals surface area contributed by atoms with Gasteiger partial charge in [0.05, 0.1) is 5.52 Å². The maximum absolute atomic E-state index is 4.65. The predicted molar refractivity (Wildman–Crippen MR) is 94.6 cm³/mol. The van der Waals surface area contributed by atoms with E-state index in [9.17, 15) is 0 Å². The summed E-state index contributed by atoms with van der Waals surface area (Å²) in [6.07, 6.45) is 11.2. The van der Waals surface area contributed by atoms with Crippen LogP contribution in [-0.4, -0.2) is 40.0 Å². The summed E-state index contributed by atoms with van der Waals surface area (Å²) in [7, 11) is 0. The summed E-state index contributed by atoms with van der Waals surface area (Å²) in [4.78, 5) is 11.9. The SMILES string of the molecule is c1ccc2nc(NC3CCC(N4CCCCC4)CC3)ncc2c1. The molecule has 0 spiro atoms. The van der Waals surface area contributed by atoms with Gasteiger partial charge < -0.3 is 10.2 Å². The Morgan fingerprint density at radius 2 is 1.74 bits per heavy atom. The molecule has 1 saturated heterocycles. The summed E-state index contributed by atoms with van der Waals surface area (Å²) < 4.78 is 0. The maximum Gasteiger partial charge on any atom is 0.223 e. The van der Waals surface area contributed by atoms with E-state index in [2.05, 4.69) is 32.3 Å². The van der Waals surface area contributed by atoms with Crippen LogP contribution < -0.4 is 5.32 Å². The smallest absolute Gasteiger partial charge is 0.223 e. The van der Waals surface area contributed by atoms with Crippen molar-refractivity contribution >= 4 is 16.9 Å². The summed E-state index contributed by atoms with van der Waals surface area (Å²) in [6, 6.07) is 9.50. The molecule has 23 heavy (non-hydrogen) atoms. The second-order valence-electron chi connectivity index (χ2n) is 7.00. The van der Waals surface area contributed by atoms with Crippen molar-refractivity contribution in [2.45, 2.75) is 57.0 Å². The molecule has 2 aromatic rings. The van der Waals surface area contributed by atoms with Gasteiger partial charge in [0, 0.05) is 23.7 Å². The fourth-order valence-corrected chi connectivity index (χ4v) is 4.09. The number of rotatable bonds is 3. The second kappa shape index (κ2) is 6.83. The Balaban J connectivity index is 1.34. The lowest BCUT2D eigenvalue weighted by Crippen LogP contribution is -2.43. The molecular formula is C19H26N4.